The summed E-state index contributed by atoms with van der Waals surface area (Å²) in [5.41, 5.74) is 2.76. The average Bonchev–Trinajstić information content (AvgIpc) is 3.35. The summed E-state index contributed by atoms with van der Waals surface area (Å²) in [7, 11) is 5.58. The Kier molecular flexibility index (Phi) is 4.73. The van der Waals surface area contributed by atoms with Crippen LogP contribution < -0.4 is 14.5 Å². The molecule has 28 heavy (non-hydrogen) atoms. The van der Waals surface area contributed by atoms with Crippen molar-refractivity contribution in [2.75, 3.05) is 37.5 Å². The van der Waals surface area contributed by atoms with Crippen LogP contribution >= 0.6 is 0 Å². The fraction of sp³-hybridized carbons (Fsp3) is 0.286. The summed E-state index contributed by atoms with van der Waals surface area (Å²) in [6.45, 7) is 0.530. The number of amides is 1. The summed E-state index contributed by atoms with van der Waals surface area (Å²) in [5.74, 6) is 1.75. The first kappa shape index (κ1) is 18.0. The molecule has 1 atom stereocenters. The van der Waals surface area contributed by atoms with Gasteiger partial charge in [-0.15, -0.1) is 0 Å². The van der Waals surface area contributed by atoms with Gasteiger partial charge in [-0.2, -0.15) is 4.98 Å². The molecular formula is C21H22N4O3. The monoisotopic (exact) mass is 378 g/mol. The number of anilines is 2. The molecule has 0 aliphatic carbocycles. The zero-order valence-electron chi connectivity index (χ0n) is 16.1. The predicted octanol–water partition coefficient (Wildman–Crippen LogP) is 3.33. The Hall–Kier alpha value is -3.35. The van der Waals surface area contributed by atoms with Gasteiger partial charge in [0.2, 0.25) is 5.91 Å². The standard InChI is InChI=1S/C21H22N4O3/c1-24(2)17-6-4-5-14(11-17)21-22-20(23-28-21)15-12-19(26)25(13-15)16-7-9-18(27-3)10-8-16/h4-11,15H,12-13H2,1-3H3. The molecule has 1 unspecified atom stereocenters. The van der Waals surface area contributed by atoms with E-state index in [2.05, 4.69) is 10.1 Å². The molecule has 2 heterocycles. The number of carbonyl (C=O) groups is 1. The Morgan fingerprint density at radius 3 is 2.68 bits per heavy atom. The lowest BCUT2D eigenvalue weighted by atomic mass is 10.1. The first-order valence-corrected chi connectivity index (χ1v) is 9.11. The molecule has 1 aliphatic heterocycles. The van der Waals surface area contributed by atoms with Gasteiger partial charge in [0, 0.05) is 49.9 Å². The number of aromatic nitrogens is 2. The van der Waals surface area contributed by atoms with Crippen molar-refractivity contribution in [3.05, 3.63) is 54.4 Å². The molecule has 1 saturated heterocycles. The van der Waals surface area contributed by atoms with Gasteiger partial charge in [0.25, 0.3) is 5.89 Å². The number of benzene rings is 2. The highest BCUT2D eigenvalue weighted by Gasteiger charge is 2.34. The van der Waals surface area contributed by atoms with Gasteiger partial charge in [-0.25, -0.2) is 0 Å². The van der Waals surface area contributed by atoms with E-state index in [1.54, 1.807) is 12.0 Å². The fourth-order valence-electron chi connectivity index (χ4n) is 3.33. The maximum Gasteiger partial charge on any atom is 0.258 e. The van der Waals surface area contributed by atoms with Gasteiger partial charge in [-0.05, 0) is 42.5 Å². The molecule has 144 valence electrons. The van der Waals surface area contributed by atoms with E-state index in [9.17, 15) is 4.79 Å². The van der Waals surface area contributed by atoms with Crippen LogP contribution in [0.25, 0.3) is 11.5 Å². The molecule has 0 radical (unpaired) electrons. The molecule has 2 aromatic carbocycles. The summed E-state index contributed by atoms with van der Waals surface area (Å²) in [4.78, 5) is 20.8. The van der Waals surface area contributed by atoms with Crippen LogP contribution in [0, 0.1) is 0 Å². The number of hydrogen-bond donors (Lipinski definition) is 0. The van der Waals surface area contributed by atoms with E-state index in [0.717, 1.165) is 22.7 Å². The summed E-state index contributed by atoms with van der Waals surface area (Å²) in [6, 6.07) is 15.4. The zero-order chi connectivity index (χ0) is 19.7. The maximum absolute atomic E-state index is 12.5. The molecule has 4 rings (SSSR count). The van der Waals surface area contributed by atoms with Crippen molar-refractivity contribution in [1.82, 2.24) is 10.1 Å². The molecule has 7 nitrogen and oxygen atoms in total. The lowest BCUT2D eigenvalue weighted by molar-refractivity contribution is -0.117. The van der Waals surface area contributed by atoms with E-state index < -0.39 is 0 Å². The Morgan fingerprint density at radius 1 is 1.18 bits per heavy atom. The molecule has 3 aromatic rings. The number of ether oxygens (including phenoxy) is 1. The normalized spacial score (nSPS) is 16.5. The van der Waals surface area contributed by atoms with Crippen LogP contribution in [0.1, 0.15) is 18.2 Å². The molecule has 1 aliphatic rings. The van der Waals surface area contributed by atoms with Crippen LogP contribution in [0.2, 0.25) is 0 Å². The van der Waals surface area contributed by atoms with E-state index in [1.807, 2.05) is 67.5 Å². The molecule has 0 saturated carbocycles. The predicted molar refractivity (Wildman–Crippen MR) is 107 cm³/mol. The number of methoxy groups -OCH3 is 1. The lowest BCUT2D eigenvalue weighted by Gasteiger charge is -2.16. The summed E-state index contributed by atoms with van der Waals surface area (Å²) >= 11 is 0. The average molecular weight is 378 g/mol. The Morgan fingerprint density at radius 2 is 1.96 bits per heavy atom. The van der Waals surface area contributed by atoms with E-state index in [1.165, 1.54) is 0 Å². The van der Waals surface area contributed by atoms with Crippen molar-refractivity contribution in [2.45, 2.75) is 12.3 Å². The largest absolute Gasteiger partial charge is 0.497 e. The van der Waals surface area contributed by atoms with Crippen molar-refractivity contribution >= 4 is 17.3 Å². The summed E-state index contributed by atoms with van der Waals surface area (Å²) in [5, 5.41) is 4.14. The van der Waals surface area contributed by atoms with Crippen molar-refractivity contribution in [2.24, 2.45) is 0 Å². The van der Waals surface area contributed by atoms with Crippen LogP contribution in [-0.2, 0) is 4.79 Å². The van der Waals surface area contributed by atoms with E-state index in [-0.39, 0.29) is 11.8 Å². The highest BCUT2D eigenvalue weighted by Crippen LogP contribution is 2.32. The molecule has 1 aromatic heterocycles. The Balaban J connectivity index is 1.53. The molecule has 7 heteroatoms. The van der Waals surface area contributed by atoms with Crippen LogP contribution in [-0.4, -0.2) is 43.8 Å². The fourth-order valence-corrected chi connectivity index (χ4v) is 3.33. The molecule has 1 fully saturated rings. The second kappa shape index (κ2) is 7.34. The highest BCUT2D eigenvalue weighted by atomic mass is 16.5. The van der Waals surface area contributed by atoms with Gasteiger partial charge in [-0.3, -0.25) is 4.79 Å². The van der Waals surface area contributed by atoms with Gasteiger partial charge < -0.3 is 19.1 Å². The number of nitrogens with zero attached hydrogens (tertiary/aromatic N) is 4. The van der Waals surface area contributed by atoms with Crippen LogP contribution in [0.15, 0.2) is 53.1 Å². The molecule has 1 amide bonds. The van der Waals surface area contributed by atoms with Crippen molar-refractivity contribution in [3.63, 3.8) is 0 Å². The molecule has 0 N–H and O–H groups in total. The van der Waals surface area contributed by atoms with Crippen LogP contribution in [0.5, 0.6) is 5.75 Å². The zero-order valence-corrected chi connectivity index (χ0v) is 16.1. The molecule has 0 bridgehead atoms. The van der Waals surface area contributed by atoms with Gasteiger partial charge in [-0.1, -0.05) is 11.2 Å². The third kappa shape index (κ3) is 3.43. The summed E-state index contributed by atoms with van der Waals surface area (Å²) in [6.07, 6.45) is 0.364. The first-order valence-electron chi connectivity index (χ1n) is 9.11. The van der Waals surface area contributed by atoms with E-state index in [4.69, 9.17) is 9.26 Å². The van der Waals surface area contributed by atoms with Gasteiger partial charge >= 0.3 is 0 Å². The minimum atomic E-state index is -0.0934. The smallest absolute Gasteiger partial charge is 0.258 e. The van der Waals surface area contributed by atoms with Crippen molar-refractivity contribution in [1.29, 1.82) is 0 Å². The van der Waals surface area contributed by atoms with Gasteiger partial charge in [0.1, 0.15) is 5.75 Å². The Bertz CT molecular complexity index is 981. The minimum absolute atomic E-state index is 0.0520. The Labute approximate surface area is 163 Å². The van der Waals surface area contributed by atoms with Gasteiger partial charge in [0.05, 0.1) is 7.11 Å². The van der Waals surface area contributed by atoms with E-state index >= 15 is 0 Å². The topological polar surface area (TPSA) is 71.7 Å². The molecule has 0 spiro atoms. The highest BCUT2D eigenvalue weighted by molar-refractivity contribution is 5.96. The first-order chi connectivity index (χ1) is 13.5. The SMILES string of the molecule is COc1ccc(N2CC(c3noc(-c4cccc(N(C)C)c4)n3)CC2=O)cc1. The number of hydrogen-bond acceptors (Lipinski definition) is 6. The van der Waals surface area contributed by atoms with Crippen LogP contribution in [0.4, 0.5) is 11.4 Å². The minimum Gasteiger partial charge on any atom is -0.497 e. The number of carbonyl (C=O) groups excluding carboxylic acids is 1. The van der Waals surface area contributed by atoms with Crippen LogP contribution in [0.3, 0.4) is 0 Å². The van der Waals surface area contributed by atoms with Gasteiger partial charge in [0.15, 0.2) is 5.82 Å². The number of rotatable bonds is 5. The second-order valence-electron chi connectivity index (χ2n) is 7.01. The quantitative estimate of drug-likeness (QED) is 0.678. The van der Waals surface area contributed by atoms with Crippen molar-refractivity contribution < 1.29 is 14.1 Å². The maximum atomic E-state index is 12.5. The lowest BCUT2D eigenvalue weighted by Crippen LogP contribution is -2.24. The van der Waals surface area contributed by atoms with Crippen molar-refractivity contribution in [3.8, 4) is 17.2 Å². The summed E-state index contributed by atoms with van der Waals surface area (Å²) < 4.78 is 10.7. The molecular weight excluding hydrogens is 356 g/mol. The third-order valence-corrected chi connectivity index (χ3v) is 4.93. The third-order valence-electron chi connectivity index (χ3n) is 4.93. The van der Waals surface area contributed by atoms with E-state index in [0.29, 0.717) is 24.7 Å². The second-order valence-corrected chi connectivity index (χ2v) is 7.01.